The highest BCUT2D eigenvalue weighted by atomic mass is 127. The number of likely N-dealkylation sites (N-methyl/N-ethyl adjacent to an activating group) is 1. The Morgan fingerprint density at radius 2 is 2.12 bits per heavy atom. The number of amides is 1. The van der Waals surface area contributed by atoms with Crippen molar-refractivity contribution in [2.45, 2.75) is 0 Å². The van der Waals surface area contributed by atoms with E-state index in [4.69, 9.17) is 11.6 Å². The summed E-state index contributed by atoms with van der Waals surface area (Å²) in [5, 5.41) is 6.21. The van der Waals surface area contributed by atoms with Crippen LogP contribution >= 0.6 is 46.6 Å². The molecule has 16 heavy (non-hydrogen) atoms. The summed E-state index contributed by atoms with van der Waals surface area (Å²) >= 11 is 8.11. The molecule has 0 unspecified atom stereocenters. The first kappa shape index (κ1) is 16.0. The zero-order valence-corrected chi connectivity index (χ0v) is 12.4. The molecule has 0 aliphatic rings. The summed E-state index contributed by atoms with van der Waals surface area (Å²) in [4.78, 5) is 11.6. The van der Waals surface area contributed by atoms with Gasteiger partial charge in [-0.05, 0) is 47.8 Å². The molecule has 0 atom stereocenters. The van der Waals surface area contributed by atoms with E-state index < -0.39 is 0 Å². The van der Waals surface area contributed by atoms with E-state index in [-0.39, 0.29) is 18.3 Å². The Morgan fingerprint density at radius 3 is 2.69 bits per heavy atom. The topological polar surface area (TPSA) is 41.1 Å². The van der Waals surface area contributed by atoms with Gasteiger partial charge in [0, 0.05) is 16.7 Å². The van der Waals surface area contributed by atoms with Gasteiger partial charge >= 0.3 is 0 Å². The maximum absolute atomic E-state index is 11.6. The fourth-order valence-corrected chi connectivity index (χ4v) is 2.01. The molecule has 90 valence electrons. The predicted molar refractivity (Wildman–Crippen MR) is 77.7 cm³/mol. The molecule has 0 spiro atoms. The SMILES string of the molecule is CNCCNC(=O)c1ccc(I)cc1Cl.Cl. The fourth-order valence-electron chi connectivity index (χ4n) is 1.07. The highest BCUT2D eigenvalue weighted by molar-refractivity contribution is 14.1. The lowest BCUT2D eigenvalue weighted by Gasteiger charge is -2.06. The van der Waals surface area contributed by atoms with Gasteiger partial charge in [0.05, 0.1) is 10.6 Å². The van der Waals surface area contributed by atoms with Gasteiger partial charge in [-0.15, -0.1) is 12.4 Å². The van der Waals surface area contributed by atoms with Crippen molar-refractivity contribution in [3.05, 3.63) is 32.4 Å². The molecule has 1 amide bonds. The van der Waals surface area contributed by atoms with E-state index in [1.54, 1.807) is 12.1 Å². The van der Waals surface area contributed by atoms with E-state index in [2.05, 4.69) is 33.2 Å². The van der Waals surface area contributed by atoms with Gasteiger partial charge in [0.25, 0.3) is 5.91 Å². The van der Waals surface area contributed by atoms with Gasteiger partial charge in [-0.1, -0.05) is 11.6 Å². The quantitative estimate of drug-likeness (QED) is 0.627. The van der Waals surface area contributed by atoms with Crippen LogP contribution in [0, 0.1) is 3.57 Å². The molecular formula is C10H13Cl2IN2O. The average Bonchev–Trinajstić information content (AvgIpc) is 2.17. The molecule has 1 aromatic rings. The van der Waals surface area contributed by atoms with Crippen LogP contribution in [0.5, 0.6) is 0 Å². The Morgan fingerprint density at radius 1 is 1.44 bits per heavy atom. The molecule has 0 aliphatic heterocycles. The first-order valence-corrected chi connectivity index (χ1v) is 5.98. The van der Waals surface area contributed by atoms with Crippen LogP contribution in [0.2, 0.25) is 5.02 Å². The second-order valence-electron chi connectivity index (χ2n) is 2.98. The third-order valence-corrected chi connectivity index (χ3v) is 2.82. The minimum absolute atomic E-state index is 0. The summed E-state index contributed by atoms with van der Waals surface area (Å²) in [5.74, 6) is -0.133. The molecule has 1 aromatic carbocycles. The van der Waals surface area contributed by atoms with E-state index in [0.29, 0.717) is 17.1 Å². The second kappa shape index (κ2) is 8.11. The lowest BCUT2D eigenvalue weighted by Crippen LogP contribution is -2.30. The molecule has 1 rings (SSSR count). The van der Waals surface area contributed by atoms with Gasteiger partial charge in [-0.2, -0.15) is 0 Å². The highest BCUT2D eigenvalue weighted by Gasteiger charge is 2.09. The number of nitrogens with one attached hydrogen (secondary N) is 2. The Kier molecular flexibility index (Phi) is 8.09. The van der Waals surface area contributed by atoms with E-state index in [0.717, 1.165) is 10.1 Å². The van der Waals surface area contributed by atoms with Crippen LogP contribution in [0.1, 0.15) is 10.4 Å². The molecule has 0 bridgehead atoms. The zero-order valence-electron chi connectivity index (χ0n) is 8.72. The number of hydrogen-bond donors (Lipinski definition) is 2. The summed E-state index contributed by atoms with van der Waals surface area (Å²) in [6.45, 7) is 1.34. The lowest BCUT2D eigenvalue weighted by atomic mass is 10.2. The van der Waals surface area contributed by atoms with E-state index >= 15 is 0 Å². The van der Waals surface area contributed by atoms with Crippen LogP contribution in [0.25, 0.3) is 0 Å². The monoisotopic (exact) mass is 374 g/mol. The summed E-state index contributed by atoms with van der Waals surface area (Å²) in [6, 6.07) is 5.37. The molecule has 0 heterocycles. The molecule has 0 fully saturated rings. The van der Waals surface area contributed by atoms with E-state index in [1.165, 1.54) is 0 Å². The van der Waals surface area contributed by atoms with Crippen molar-refractivity contribution in [1.82, 2.24) is 10.6 Å². The predicted octanol–water partition coefficient (Wildman–Crippen LogP) is 2.32. The van der Waals surface area contributed by atoms with Crippen LogP contribution in [0.3, 0.4) is 0 Å². The lowest BCUT2D eigenvalue weighted by molar-refractivity contribution is 0.0954. The van der Waals surface area contributed by atoms with Crippen molar-refractivity contribution in [3.63, 3.8) is 0 Å². The van der Waals surface area contributed by atoms with Crippen LogP contribution < -0.4 is 10.6 Å². The van der Waals surface area contributed by atoms with Gasteiger partial charge in [0.15, 0.2) is 0 Å². The maximum Gasteiger partial charge on any atom is 0.252 e. The van der Waals surface area contributed by atoms with E-state index in [9.17, 15) is 4.79 Å². The minimum atomic E-state index is -0.133. The van der Waals surface area contributed by atoms with Gasteiger partial charge < -0.3 is 10.6 Å². The van der Waals surface area contributed by atoms with Crippen molar-refractivity contribution in [3.8, 4) is 0 Å². The molecule has 0 radical (unpaired) electrons. The van der Waals surface area contributed by atoms with Crippen molar-refractivity contribution in [1.29, 1.82) is 0 Å². The van der Waals surface area contributed by atoms with Crippen molar-refractivity contribution in [2.24, 2.45) is 0 Å². The first-order valence-electron chi connectivity index (χ1n) is 4.53. The third kappa shape index (κ3) is 4.86. The largest absolute Gasteiger partial charge is 0.351 e. The highest BCUT2D eigenvalue weighted by Crippen LogP contribution is 2.18. The van der Waals surface area contributed by atoms with Crippen molar-refractivity contribution >= 4 is 52.5 Å². The van der Waals surface area contributed by atoms with E-state index in [1.807, 2.05) is 13.1 Å². The molecular weight excluding hydrogens is 362 g/mol. The second-order valence-corrected chi connectivity index (χ2v) is 4.64. The van der Waals surface area contributed by atoms with Crippen LogP contribution in [0.15, 0.2) is 18.2 Å². The van der Waals surface area contributed by atoms with Gasteiger partial charge in [0.2, 0.25) is 0 Å². The molecule has 0 aliphatic carbocycles. The summed E-state index contributed by atoms with van der Waals surface area (Å²) in [5.41, 5.74) is 0.521. The number of hydrogen-bond acceptors (Lipinski definition) is 2. The van der Waals surface area contributed by atoms with Crippen LogP contribution in [-0.2, 0) is 0 Å². The first-order chi connectivity index (χ1) is 7.15. The Balaban J connectivity index is 0.00000225. The number of carbonyl (C=O) groups excluding carboxylic acids is 1. The van der Waals surface area contributed by atoms with Crippen molar-refractivity contribution < 1.29 is 4.79 Å². The van der Waals surface area contributed by atoms with Gasteiger partial charge in [-0.3, -0.25) is 4.79 Å². The molecule has 0 saturated heterocycles. The van der Waals surface area contributed by atoms with Crippen LogP contribution in [-0.4, -0.2) is 26.0 Å². The normalized spacial score (nSPS) is 9.44. The standard InChI is InChI=1S/C10H12ClIN2O.ClH/c1-13-4-5-14-10(15)8-3-2-7(12)6-9(8)11;/h2-3,6,13H,4-5H2,1H3,(H,14,15);1H. The Hall–Kier alpha value is -0.0400. The number of rotatable bonds is 4. The van der Waals surface area contributed by atoms with Crippen LogP contribution in [0.4, 0.5) is 0 Å². The molecule has 0 saturated carbocycles. The summed E-state index contributed by atoms with van der Waals surface area (Å²) in [7, 11) is 1.84. The minimum Gasteiger partial charge on any atom is -0.351 e. The zero-order chi connectivity index (χ0) is 11.3. The van der Waals surface area contributed by atoms with Gasteiger partial charge in [0.1, 0.15) is 0 Å². The molecule has 3 nitrogen and oxygen atoms in total. The smallest absolute Gasteiger partial charge is 0.252 e. The molecule has 0 aromatic heterocycles. The number of halogens is 3. The van der Waals surface area contributed by atoms with Gasteiger partial charge in [-0.25, -0.2) is 0 Å². The fraction of sp³-hybridized carbons (Fsp3) is 0.300. The Bertz CT molecular complexity index is 361. The Labute approximate surface area is 120 Å². The third-order valence-electron chi connectivity index (χ3n) is 1.84. The maximum atomic E-state index is 11.6. The molecule has 2 N–H and O–H groups in total. The van der Waals surface area contributed by atoms with Crippen molar-refractivity contribution in [2.75, 3.05) is 20.1 Å². The summed E-state index contributed by atoms with van der Waals surface area (Å²) in [6.07, 6.45) is 0. The average molecular weight is 375 g/mol. The molecule has 6 heteroatoms. The number of carbonyl (C=O) groups is 1. The number of benzene rings is 1. The summed E-state index contributed by atoms with van der Waals surface area (Å²) < 4.78 is 1.02.